The molecular weight excluding hydrogens is 352 g/mol. The Morgan fingerprint density at radius 2 is 2.19 bits per heavy atom. The summed E-state index contributed by atoms with van der Waals surface area (Å²) in [6.45, 7) is 4.96. The number of sulfone groups is 1. The summed E-state index contributed by atoms with van der Waals surface area (Å²) in [5, 5.41) is 7.50. The first-order valence-corrected chi connectivity index (χ1v) is 10.1. The van der Waals surface area contributed by atoms with E-state index in [4.69, 9.17) is 0 Å². The third-order valence-corrected chi connectivity index (χ3v) is 7.09. The Bertz CT molecular complexity index is 890. The second-order valence-corrected chi connectivity index (χ2v) is 9.62. The summed E-state index contributed by atoms with van der Waals surface area (Å²) < 4.78 is 25.3. The average Bonchev–Trinajstić information content (AvgIpc) is 3.13. The van der Waals surface area contributed by atoms with Crippen molar-refractivity contribution in [2.45, 2.75) is 25.1 Å². The van der Waals surface area contributed by atoms with Crippen LogP contribution in [-0.4, -0.2) is 64.7 Å². The lowest BCUT2D eigenvalue weighted by molar-refractivity contribution is 0.353. The zero-order valence-corrected chi connectivity index (χ0v) is 16.1. The molecule has 0 unspecified atom stereocenters. The average molecular weight is 376 g/mol. The molecule has 0 saturated carbocycles. The predicted octanol–water partition coefficient (Wildman–Crippen LogP) is 0.852. The van der Waals surface area contributed by atoms with E-state index in [-0.39, 0.29) is 5.75 Å². The van der Waals surface area contributed by atoms with Crippen LogP contribution >= 0.6 is 0 Å². The standard InChI is InChI=1S/C17H24N6O2S/c1-17(2)13-22(9-10-26(17,24)25)16(18-3)20-12-14-5-7-19-15(11-14)23-8-4-6-21-23/h4-8,11H,9-10,12-13H2,1-3H3,(H,18,20). The molecule has 2 aromatic heterocycles. The maximum Gasteiger partial charge on any atom is 0.193 e. The number of nitrogens with one attached hydrogen (secondary N) is 1. The van der Waals surface area contributed by atoms with Crippen LogP contribution in [0.15, 0.2) is 41.8 Å². The summed E-state index contributed by atoms with van der Waals surface area (Å²) in [4.78, 5) is 10.6. The minimum absolute atomic E-state index is 0.138. The minimum Gasteiger partial charge on any atom is -0.352 e. The van der Waals surface area contributed by atoms with Crippen molar-refractivity contribution < 1.29 is 8.42 Å². The van der Waals surface area contributed by atoms with E-state index in [9.17, 15) is 8.42 Å². The van der Waals surface area contributed by atoms with Crippen molar-refractivity contribution in [1.29, 1.82) is 0 Å². The van der Waals surface area contributed by atoms with Gasteiger partial charge in [0.2, 0.25) is 0 Å². The number of pyridine rings is 1. The van der Waals surface area contributed by atoms with Crippen molar-refractivity contribution in [3.05, 3.63) is 42.4 Å². The maximum atomic E-state index is 12.2. The van der Waals surface area contributed by atoms with Crippen LogP contribution in [0.4, 0.5) is 0 Å². The Balaban J connectivity index is 1.68. The summed E-state index contributed by atoms with van der Waals surface area (Å²) in [5.74, 6) is 1.58. The van der Waals surface area contributed by atoms with Gasteiger partial charge in [-0.05, 0) is 37.6 Å². The van der Waals surface area contributed by atoms with Gasteiger partial charge < -0.3 is 10.2 Å². The minimum atomic E-state index is -3.08. The molecule has 0 bridgehead atoms. The molecule has 1 saturated heterocycles. The highest BCUT2D eigenvalue weighted by atomic mass is 32.2. The third kappa shape index (κ3) is 3.72. The molecule has 140 valence electrons. The predicted molar refractivity (Wildman–Crippen MR) is 101 cm³/mol. The summed E-state index contributed by atoms with van der Waals surface area (Å²) in [6.07, 6.45) is 5.29. The van der Waals surface area contributed by atoms with E-state index in [2.05, 4.69) is 20.4 Å². The highest BCUT2D eigenvalue weighted by Crippen LogP contribution is 2.23. The van der Waals surface area contributed by atoms with Gasteiger partial charge in [0, 0.05) is 45.3 Å². The van der Waals surface area contributed by atoms with Crippen molar-refractivity contribution in [2.24, 2.45) is 4.99 Å². The Morgan fingerprint density at radius 3 is 2.85 bits per heavy atom. The van der Waals surface area contributed by atoms with Gasteiger partial charge in [-0.3, -0.25) is 4.99 Å². The number of aliphatic imine (C=N–C) groups is 1. The molecule has 0 aliphatic carbocycles. The topological polar surface area (TPSA) is 92.5 Å². The molecule has 26 heavy (non-hydrogen) atoms. The van der Waals surface area contributed by atoms with Crippen LogP contribution in [0.1, 0.15) is 19.4 Å². The Kier molecular flexibility index (Phi) is 4.99. The molecule has 1 fully saturated rings. The number of nitrogens with zero attached hydrogens (tertiary/aromatic N) is 5. The van der Waals surface area contributed by atoms with Gasteiger partial charge in [-0.1, -0.05) is 0 Å². The molecular formula is C17H24N6O2S. The molecule has 3 rings (SSSR count). The van der Waals surface area contributed by atoms with Crippen molar-refractivity contribution in [2.75, 3.05) is 25.9 Å². The number of rotatable bonds is 3. The molecule has 1 aliphatic rings. The fourth-order valence-electron chi connectivity index (χ4n) is 2.94. The van der Waals surface area contributed by atoms with E-state index < -0.39 is 14.6 Å². The molecule has 2 aromatic rings. The van der Waals surface area contributed by atoms with Crippen LogP contribution in [0, 0.1) is 0 Å². The van der Waals surface area contributed by atoms with Crippen LogP contribution in [0.5, 0.6) is 0 Å². The second-order valence-electron chi connectivity index (χ2n) is 6.87. The van der Waals surface area contributed by atoms with Crippen LogP contribution < -0.4 is 5.32 Å². The van der Waals surface area contributed by atoms with E-state index in [0.717, 1.165) is 11.4 Å². The van der Waals surface area contributed by atoms with Gasteiger partial charge in [0.1, 0.15) is 0 Å². The summed E-state index contributed by atoms with van der Waals surface area (Å²) in [6, 6.07) is 5.73. The number of hydrogen-bond acceptors (Lipinski definition) is 5. The monoisotopic (exact) mass is 376 g/mol. The third-order valence-electron chi connectivity index (χ3n) is 4.55. The molecule has 1 N–H and O–H groups in total. The molecule has 9 heteroatoms. The van der Waals surface area contributed by atoms with E-state index >= 15 is 0 Å². The molecule has 0 radical (unpaired) electrons. The molecule has 8 nitrogen and oxygen atoms in total. The maximum absolute atomic E-state index is 12.2. The highest BCUT2D eigenvalue weighted by Gasteiger charge is 2.40. The first-order chi connectivity index (χ1) is 12.3. The Labute approximate surface area is 153 Å². The van der Waals surface area contributed by atoms with Crippen LogP contribution in [0.2, 0.25) is 0 Å². The SMILES string of the molecule is CN=C(NCc1ccnc(-n2cccn2)c1)N1CCS(=O)(=O)C(C)(C)C1. The summed E-state index contributed by atoms with van der Waals surface area (Å²) in [7, 11) is -1.37. The molecule has 0 atom stereocenters. The fraction of sp³-hybridized carbons (Fsp3) is 0.471. The number of guanidine groups is 1. The second kappa shape index (κ2) is 7.06. The van der Waals surface area contributed by atoms with Crippen molar-refractivity contribution in [3.63, 3.8) is 0 Å². The number of aromatic nitrogens is 3. The lowest BCUT2D eigenvalue weighted by atomic mass is 10.2. The van der Waals surface area contributed by atoms with Crippen LogP contribution in [-0.2, 0) is 16.4 Å². The molecule has 1 aliphatic heterocycles. The van der Waals surface area contributed by atoms with E-state index in [1.54, 1.807) is 38.0 Å². The van der Waals surface area contributed by atoms with E-state index in [1.807, 2.05) is 29.3 Å². The molecule has 3 heterocycles. The number of hydrogen-bond donors (Lipinski definition) is 1. The van der Waals surface area contributed by atoms with Crippen molar-refractivity contribution in [3.8, 4) is 5.82 Å². The van der Waals surface area contributed by atoms with Gasteiger partial charge in [0.05, 0.1) is 10.5 Å². The Morgan fingerprint density at radius 1 is 1.38 bits per heavy atom. The highest BCUT2D eigenvalue weighted by molar-refractivity contribution is 7.92. The van der Waals surface area contributed by atoms with Crippen LogP contribution in [0.3, 0.4) is 0 Å². The van der Waals surface area contributed by atoms with E-state index in [1.165, 1.54) is 0 Å². The fourth-order valence-corrected chi connectivity index (χ4v) is 4.30. The van der Waals surface area contributed by atoms with Gasteiger partial charge in [0.25, 0.3) is 0 Å². The first kappa shape index (κ1) is 18.4. The zero-order chi connectivity index (χ0) is 18.8. The molecule has 0 amide bonds. The van der Waals surface area contributed by atoms with Crippen molar-refractivity contribution in [1.82, 2.24) is 25.0 Å². The quantitative estimate of drug-likeness (QED) is 0.631. The van der Waals surface area contributed by atoms with Gasteiger partial charge in [-0.25, -0.2) is 18.1 Å². The Hall–Kier alpha value is -2.42. The van der Waals surface area contributed by atoms with Crippen molar-refractivity contribution >= 4 is 15.8 Å². The van der Waals surface area contributed by atoms with Gasteiger partial charge in [-0.15, -0.1) is 0 Å². The molecule has 0 spiro atoms. The first-order valence-electron chi connectivity index (χ1n) is 8.45. The van der Waals surface area contributed by atoms with Gasteiger partial charge in [-0.2, -0.15) is 5.10 Å². The van der Waals surface area contributed by atoms with Crippen LogP contribution in [0.25, 0.3) is 5.82 Å². The molecule has 0 aromatic carbocycles. The summed E-state index contributed by atoms with van der Waals surface area (Å²) >= 11 is 0. The van der Waals surface area contributed by atoms with Gasteiger partial charge in [0.15, 0.2) is 21.6 Å². The lowest BCUT2D eigenvalue weighted by Crippen LogP contribution is -2.57. The smallest absolute Gasteiger partial charge is 0.193 e. The normalized spacial score (nSPS) is 19.3. The lowest BCUT2D eigenvalue weighted by Gasteiger charge is -2.39. The summed E-state index contributed by atoms with van der Waals surface area (Å²) in [5.41, 5.74) is 1.04. The van der Waals surface area contributed by atoms with Gasteiger partial charge >= 0.3 is 0 Å². The van der Waals surface area contributed by atoms with E-state index in [0.29, 0.717) is 25.6 Å². The largest absolute Gasteiger partial charge is 0.352 e. The zero-order valence-electron chi connectivity index (χ0n) is 15.3.